The Balaban J connectivity index is 1.30. The first-order chi connectivity index (χ1) is 17.4. The lowest BCUT2D eigenvalue weighted by Gasteiger charge is -2.19. The van der Waals surface area contributed by atoms with E-state index < -0.39 is 48.8 Å². The van der Waals surface area contributed by atoms with Crippen LogP contribution in [0.25, 0.3) is 22.3 Å². The summed E-state index contributed by atoms with van der Waals surface area (Å²) < 4.78 is 63.1. The summed E-state index contributed by atoms with van der Waals surface area (Å²) in [5.74, 6) is -0.611. The van der Waals surface area contributed by atoms with Gasteiger partial charge in [-0.3, -0.25) is 0 Å². The van der Waals surface area contributed by atoms with Gasteiger partial charge in [0.15, 0.2) is 17.8 Å². The van der Waals surface area contributed by atoms with Crippen molar-refractivity contribution >= 4 is 16.9 Å². The topological polar surface area (TPSA) is 122 Å². The van der Waals surface area contributed by atoms with Gasteiger partial charge in [-0.25, -0.2) is 9.37 Å². The minimum absolute atomic E-state index is 0.0396. The number of aliphatic hydroxyl groups excluding tert-OH is 2. The number of H-pyrrole nitrogens is 1. The number of rotatable bonds is 6. The van der Waals surface area contributed by atoms with E-state index in [2.05, 4.69) is 19.7 Å². The number of aromatic amines is 1. The van der Waals surface area contributed by atoms with Crippen LogP contribution < -0.4 is 14.4 Å². The molecule has 3 aliphatic rings. The first-order valence-corrected chi connectivity index (χ1v) is 11.5. The van der Waals surface area contributed by atoms with E-state index in [4.69, 9.17) is 14.2 Å². The molecule has 13 heteroatoms. The average Bonchev–Trinajstić information content (AvgIpc) is 3.60. The van der Waals surface area contributed by atoms with Gasteiger partial charge in [-0.2, -0.15) is 13.8 Å². The monoisotopic (exact) mass is 508 g/mol. The molecule has 0 aromatic carbocycles. The summed E-state index contributed by atoms with van der Waals surface area (Å²) in [5, 5.41) is 19.7. The predicted octanol–water partition coefficient (Wildman–Crippen LogP) is 1.84. The molecule has 0 amide bonds. The van der Waals surface area contributed by atoms with Crippen molar-refractivity contribution in [3.63, 3.8) is 0 Å². The van der Waals surface area contributed by atoms with Crippen LogP contribution in [0.3, 0.4) is 0 Å². The Morgan fingerprint density at radius 2 is 1.94 bits per heavy atom. The van der Waals surface area contributed by atoms with Crippen molar-refractivity contribution < 1.29 is 42.3 Å². The molecule has 3 saturated heterocycles. The van der Waals surface area contributed by atoms with Crippen LogP contribution in [-0.4, -0.2) is 88.6 Å². The molecule has 3 fully saturated rings. The minimum atomic E-state index is -3.18. The maximum atomic E-state index is 15.1. The van der Waals surface area contributed by atoms with Gasteiger partial charge in [-0.15, -0.1) is 0 Å². The Kier molecular flexibility index (Phi) is 5.86. The molecule has 6 rings (SSSR count). The lowest BCUT2D eigenvalue weighted by Crippen LogP contribution is -2.34. The van der Waals surface area contributed by atoms with E-state index in [1.807, 2.05) is 0 Å². The molecule has 3 aliphatic heterocycles. The Labute approximate surface area is 202 Å². The lowest BCUT2D eigenvalue weighted by atomic mass is 10.1. The Morgan fingerprint density at radius 3 is 2.72 bits per heavy atom. The van der Waals surface area contributed by atoms with E-state index in [0.717, 1.165) is 0 Å². The van der Waals surface area contributed by atoms with Crippen LogP contribution in [0.15, 0.2) is 24.3 Å². The molecule has 3 aromatic heterocycles. The van der Waals surface area contributed by atoms with Crippen molar-refractivity contribution in [1.29, 1.82) is 0 Å². The van der Waals surface area contributed by atoms with Crippen molar-refractivity contribution in [2.45, 2.75) is 43.6 Å². The van der Waals surface area contributed by atoms with Gasteiger partial charge in [0.1, 0.15) is 29.8 Å². The number of alkyl halides is 2. The predicted molar refractivity (Wildman–Crippen MR) is 119 cm³/mol. The van der Waals surface area contributed by atoms with Crippen molar-refractivity contribution in [1.82, 2.24) is 15.0 Å². The van der Waals surface area contributed by atoms with Crippen LogP contribution in [0.5, 0.6) is 11.8 Å². The summed E-state index contributed by atoms with van der Waals surface area (Å²) in [4.78, 5) is 13.2. The number of fused-ring (bicyclic) bond motifs is 2. The third-order valence-corrected chi connectivity index (χ3v) is 6.58. The fourth-order valence-electron chi connectivity index (χ4n) is 4.88. The van der Waals surface area contributed by atoms with Gasteiger partial charge >= 0.3 is 6.61 Å². The van der Waals surface area contributed by atoms with E-state index in [-0.39, 0.29) is 24.5 Å². The third-order valence-electron chi connectivity index (χ3n) is 6.58. The third kappa shape index (κ3) is 4.21. The smallest absolute Gasteiger partial charge is 0.388 e. The van der Waals surface area contributed by atoms with E-state index in [9.17, 15) is 19.0 Å². The summed E-state index contributed by atoms with van der Waals surface area (Å²) in [6.07, 6.45) is -2.10. The molecule has 5 atom stereocenters. The number of pyridine rings is 2. The Bertz CT molecular complexity index is 1280. The van der Waals surface area contributed by atoms with Crippen molar-refractivity contribution in [3.05, 3.63) is 30.1 Å². The first kappa shape index (κ1) is 23.3. The number of nitrogens with one attached hydrogen (secondary N) is 1. The molecule has 36 heavy (non-hydrogen) atoms. The van der Waals surface area contributed by atoms with E-state index >= 15 is 4.39 Å². The second-order valence-electron chi connectivity index (χ2n) is 8.99. The largest absolute Gasteiger partial charge is 0.470 e. The molecule has 0 bridgehead atoms. The highest BCUT2D eigenvalue weighted by Gasteiger charge is 2.48. The van der Waals surface area contributed by atoms with Crippen LogP contribution in [0.1, 0.15) is 6.42 Å². The van der Waals surface area contributed by atoms with Crippen molar-refractivity contribution in [2.75, 3.05) is 31.2 Å². The van der Waals surface area contributed by atoms with Gasteiger partial charge in [-0.05, 0) is 18.6 Å². The summed E-state index contributed by atoms with van der Waals surface area (Å²) in [5.41, 5.74) is 0.415. The summed E-state index contributed by atoms with van der Waals surface area (Å²) >= 11 is 0. The maximum Gasteiger partial charge on any atom is 0.388 e. The molecule has 0 aliphatic carbocycles. The highest BCUT2D eigenvalue weighted by molar-refractivity contribution is 5.82. The first-order valence-electron chi connectivity index (χ1n) is 11.5. The quantitative estimate of drug-likeness (QED) is 0.458. The fraction of sp³-hybridized carbons (Fsp3) is 0.478. The molecule has 3 N–H and O–H groups in total. The van der Waals surface area contributed by atoms with Crippen LogP contribution >= 0.6 is 0 Å². The minimum Gasteiger partial charge on any atom is -0.470 e. The van der Waals surface area contributed by atoms with Crippen molar-refractivity contribution in [3.8, 4) is 23.0 Å². The molecule has 3 aromatic rings. The number of halogens is 3. The molecule has 0 saturated carbocycles. The van der Waals surface area contributed by atoms with Gasteiger partial charge in [0.25, 0.3) is 0 Å². The number of ether oxygens (including phenoxy) is 4. The van der Waals surface area contributed by atoms with Crippen LogP contribution in [-0.2, 0) is 9.47 Å². The van der Waals surface area contributed by atoms with Crippen molar-refractivity contribution in [2.24, 2.45) is 0 Å². The molecular weight excluding hydrogens is 485 g/mol. The number of β-amino-alcohol motifs (C(OH)–C–C–N with tert-alkyl or cyclic N) is 1. The molecular formula is C23H23F3N4O6. The van der Waals surface area contributed by atoms with Crippen LogP contribution in [0.2, 0.25) is 0 Å². The Morgan fingerprint density at radius 1 is 1.11 bits per heavy atom. The standard InChI is InChI=1S/C23H23F3N4O6/c24-12-5-13-14(6-18(27-13)35-16-9-34-20-15(32)8-33-21(16)20)28-19(12)11-1-2-17(29-22(11)36-23(25)26)30-4-3-10(31)7-30/h1-2,5-6,10,15-16,20-21,23,27,31-32H,3-4,7-9H2/t10-,15-,16-,20-,21-/m1/s1. The number of hydrogen-bond acceptors (Lipinski definition) is 9. The number of aromatic nitrogens is 3. The summed E-state index contributed by atoms with van der Waals surface area (Å²) in [6.45, 7) is -1.99. The fourth-order valence-corrected chi connectivity index (χ4v) is 4.88. The van der Waals surface area contributed by atoms with Gasteiger partial charge in [0.05, 0.1) is 35.9 Å². The SMILES string of the molecule is O[C@@H]1CCN(c2ccc(-c3nc4cc(O[C@@H]5CO[C@H]6[C@@H]5OC[C@H]6O)[nH]c4cc3F)c(OC(F)F)n2)C1. The summed E-state index contributed by atoms with van der Waals surface area (Å²) in [6, 6.07) is 5.71. The molecule has 192 valence electrons. The molecule has 0 radical (unpaired) electrons. The number of aliphatic hydroxyl groups is 2. The number of nitrogens with zero attached hydrogens (tertiary/aromatic N) is 3. The molecule has 0 spiro atoms. The van der Waals surface area contributed by atoms with E-state index in [1.54, 1.807) is 17.0 Å². The Hall–Kier alpha value is -3.13. The number of anilines is 1. The van der Waals surface area contributed by atoms with E-state index in [1.165, 1.54) is 12.1 Å². The maximum absolute atomic E-state index is 15.1. The molecule has 10 nitrogen and oxygen atoms in total. The highest BCUT2D eigenvalue weighted by atomic mass is 19.3. The molecule has 0 unspecified atom stereocenters. The van der Waals surface area contributed by atoms with Crippen LogP contribution in [0, 0.1) is 5.82 Å². The second kappa shape index (κ2) is 9.07. The highest BCUT2D eigenvalue weighted by Crippen LogP contribution is 2.36. The molecule has 6 heterocycles. The zero-order valence-electron chi connectivity index (χ0n) is 18.8. The van der Waals surface area contributed by atoms with E-state index in [0.29, 0.717) is 42.2 Å². The zero-order chi connectivity index (χ0) is 25.0. The number of hydrogen-bond donors (Lipinski definition) is 3. The normalized spacial score (nSPS) is 27.8. The second-order valence-corrected chi connectivity index (χ2v) is 8.99. The average molecular weight is 508 g/mol. The summed E-state index contributed by atoms with van der Waals surface area (Å²) in [7, 11) is 0. The van der Waals surface area contributed by atoms with Gasteiger partial charge in [0, 0.05) is 25.2 Å². The zero-order valence-corrected chi connectivity index (χ0v) is 18.8. The van der Waals surface area contributed by atoms with Crippen LogP contribution in [0.4, 0.5) is 19.0 Å². The van der Waals surface area contributed by atoms with Gasteiger partial charge in [-0.1, -0.05) is 0 Å². The van der Waals surface area contributed by atoms with Gasteiger partial charge in [0.2, 0.25) is 5.88 Å². The lowest BCUT2D eigenvalue weighted by molar-refractivity contribution is -0.0523. The van der Waals surface area contributed by atoms with Gasteiger partial charge < -0.3 is 39.0 Å².